The van der Waals surface area contributed by atoms with Crippen LogP contribution in [-0.4, -0.2) is 31.7 Å². The minimum atomic E-state index is 0.323. The first-order valence-corrected chi connectivity index (χ1v) is 6.17. The Balaban J connectivity index is 2.92. The highest BCUT2D eigenvalue weighted by atomic mass is 35.5. The van der Waals surface area contributed by atoms with Crippen LogP contribution in [0, 0.1) is 0 Å². The normalized spacial score (nSPS) is 13.1. The molecule has 1 N–H and O–H groups in total. The molecule has 0 radical (unpaired) electrons. The maximum absolute atomic E-state index is 5.98. The molecule has 0 spiro atoms. The molecule has 0 aromatic rings. The second-order valence-electron chi connectivity index (χ2n) is 3.51. The molecular formula is C11H24ClNO. The molecule has 0 heterocycles. The molecular weight excluding hydrogens is 198 g/mol. The Kier molecular flexibility index (Phi) is 11.5. The lowest BCUT2D eigenvalue weighted by Gasteiger charge is -2.08. The van der Waals surface area contributed by atoms with E-state index in [1.54, 1.807) is 0 Å². The molecule has 0 saturated carbocycles. The van der Waals surface area contributed by atoms with Gasteiger partial charge in [-0.3, -0.25) is 0 Å². The average molecular weight is 222 g/mol. The third kappa shape index (κ3) is 10.3. The second-order valence-corrected chi connectivity index (χ2v) is 4.13. The predicted molar refractivity (Wildman–Crippen MR) is 63.1 cm³/mol. The zero-order valence-electron chi connectivity index (χ0n) is 9.52. The van der Waals surface area contributed by atoms with Crippen molar-refractivity contribution in [1.29, 1.82) is 0 Å². The van der Waals surface area contributed by atoms with Gasteiger partial charge < -0.3 is 10.1 Å². The van der Waals surface area contributed by atoms with Gasteiger partial charge in [-0.2, -0.15) is 0 Å². The number of rotatable bonds is 10. The highest BCUT2D eigenvalue weighted by Crippen LogP contribution is 2.04. The minimum Gasteiger partial charge on any atom is -0.380 e. The van der Waals surface area contributed by atoms with E-state index >= 15 is 0 Å². The van der Waals surface area contributed by atoms with Crippen molar-refractivity contribution in [3.05, 3.63) is 0 Å². The van der Waals surface area contributed by atoms with Crippen LogP contribution in [-0.2, 0) is 4.74 Å². The lowest BCUT2D eigenvalue weighted by atomic mass is 10.2. The van der Waals surface area contributed by atoms with Gasteiger partial charge in [0.05, 0.1) is 6.61 Å². The lowest BCUT2D eigenvalue weighted by molar-refractivity contribution is 0.133. The predicted octanol–water partition coefficient (Wildman–Crippen LogP) is 2.80. The van der Waals surface area contributed by atoms with Gasteiger partial charge in [-0.25, -0.2) is 0 Å². The van der Waals surface area contributed by atoms with Crippen molar-refractivity contribution in [2.24, 2.45) is 0 Å². The average Bonchev–Trinajstić information content (AvgIpc) is 2.21. The van der Waals surface area contributed by atoms with Gasteiger partial charge in [0.25, 0.3) is 0 Å². The zero-order valence-corrected chi connectivity index (χ0v) is 10.3. The van der Waals surface area contributed by atoms with Crippen molar-refractivity contribution in [3.8, 4) is 0 Å². The number of halogens is 1. The summed E-state index contributed by atoms with van der Waals surface area (Å²) in [6.45, 7) is 7.94. The molecule has 0 rings (SSSR count). The second kappa shape index (κ2) is 11.3. The molecule has 86 valence electrons. The molecule has 0 aromatic carbocycles. The topological polar surface area (TPSA) is 21.3 Å². The summed E-state index contributed by atoms with van der Waals surface area (Å²) in [5.41, 5.74) is 0. The van der Waals surface area contributed by atoms with E-state index in [0.717, 1.165) is 39.1 Å². The van der Waals surface area contributed by atoms with E-state index in [-0.39, 0.29) is 0 Å². The largest absolute Gasteiger partial charge is 0.380 e. The van der Waals surface area contributed by atoms with E-state index in [1.807, 2.05) is 0 Å². The Morgan fingerprint density at radius 2 is 2.00 bits per heavy atom. The van der Waals surface area contributed by atoms with Gasteiger partial charge in [-0.05, 0) is 25.8 Å². The molecule has 0 aromatic heterocycles. The van der Waals surface area contributed by atoms with Gasteiger partial charge in [0.1, 0.15) is 0 Å². The summed E-state index contributed by atoms with van der Waals surface area (Å²) < 4.78 is 5.41. The summed E-state index contributed by atoms with van der Waals surface area (Å²) in [4.78, 5) is 0. The van der Waals surface area contributed by atoms with Crippen LogP contribution in [0.1, 0.15) is 39.5 Å². The smallest absolute Gasteiger partial charge is 0.0590 e. The summed E-state index contributed by atoms with van der Waals surface area (Å²) in [6.07, 6.45) is 4.47. The first-order valence-electron chi connectivity index (χ1n) is 5.73. The highest BCUT2D eigenvalue weighted by molar-refractivity contribution is 6.20. The van der Waals surface area contributed by atoms with Crippen LogP contribution in [0.2, 0.25) is 0 Å². The van der Waals surface area contributed by atoms with Crippen molar-refractivity contribution in [3.63, 3.8) is 0 Å². The highest BCUT2D eigenvalue weighted by Gasteiger charge is 1.99. The molecule has 0 amide bonds. The van der Waals surface area contributed by atoms with Gasteiger partial charge >= 0.3 is 0 Å². The molecule has 1 atom stereocenters. The van der Waals surface area contributed by atoms with Crippen LogP contribution in [0.5, 0.6) is 0 Å². The lowest BCUT2D eigenvalue weighted by Crippen LogP contribution is -2.22. The van der Waals surface area contributed by atoms with Crippen molar-refractivity contribution in [1.82, 2.24) is 5.32 Å². The summed E-state index contributed by atoms with van der Waals surface area (Å²) >= 11 is 5.98. The molecule has 3 heteroatoms. The summed E-state index contributed by atoms with van der Waals surface area (Å²) in [6, 6.07) is 0. The Labute approximate surface area is 93.4 Å². The van der Waals surface area contributed by atoms with Crippen LogP contribution in [0.3, 0.4) is 0 Å². The number of alkyl halides is 1. The third-order valence-corrected chi connectivity index (χ3v) is 2.67. The Bertz CT molecular complexity index is 111. The Morgan fingerprint density at radius 1 is 1.21 bits per heavy atom. The number of hydrogen-bond acceptors (Lipinski definition) is 2. The SMILES string of the molecule is CCCCOCCNCCC(Cl)CC. The number of nitrogens with one attached hydrogen (secondary N) is 1. The molecule has 14 heavy (non-hydrogen) atoms. The number of hydrogen-bond donors (Lipinski definition) is 1. The van der Waals surface area contributed by atoms with Gasteiger partial charge in [-0.15, -0.1) is 11.6 Å². The van der Waals surface area contributed by atoms with Gasteiger partial charge in [-0.1, -0.05) is 20.3 Å². The Morgan fingerprint density at radius 3 is 2.64 bits per heavy atom. The standard InChI is InChI=1S/C11H24ClNO/c1-3-5-9-14-10-8-13-7-6-11(12)4-2/h11,13H,3-10H2,1-2H3. The van der Waals surface area contributed by atoms with Crippen molar-refractivity contribution in [2.45, 2.75) is 44.9 Å². The molecule has 1 unspecified atom stereocenters. The minimum absolute atomic E-state index is 0.323. The van der Waals surface area contributed by atoms with Crippen LogP contribution in [0.4, 0.5) is 0 Å². The molecule has 0 aliphatic rings. The molecule has 0 aliphatic carbocycles. The number of ether oxygens (including phenoxy) is 1. The fourth-order valence-electron chi connectivity index (χ4n) is 1.08. The Hall–Kier alpha value is 0.210. The van der Waals surface area contributed by atoms with Crippen LogP contribution in [0.15, 0.2) is 0 Å². The third-order valence-electron chi connectivity index (χ3n) is 2.14. The zero-order chi connectivity index (χ0) is 10.6. The maximum atomic E-state index is 5.98. The van der Waals surface area contributed by atoms with E-state index in [0.29, 0.717) is 5.38 Å². The van der Waals surface area contributed by atoms with E-state index in [4.69, 9.17) is 16.3 Å². The van der Waals surface area contributed by atoms with Crippen molar-refractivity contribution in [2.75, 3.05) is 26.3 Å². The van der Waals surface area contributed by atoms with E-state index in [1.165, 1.54) is 12.8 Å². The molecule has 0 saturated heterocycles. The molecule has 0 fully saturated rings. The summed E-state index contributed by atoms with van der Waals surface area (Å²) in [7, 11) is 0. The summed E-state index contributed by atoms with van der Waals surface area (Å²) in [5, 5.41) is 3.64. The monoisotopic (exact) mass is 221 g/mol. The van der Waals surface area contributed by atoms with Crippen molar-refractivity contribution < 1.29 is 4.74 Å². The first kappa shape index (κ1) is 14.2. The first-order chi connectivity index (χ1) is 6.81. The van der Waals surface area contributed by atoms with E-state index in [2.05, 4.69) is 19.2 Å². The summed E-state index contributed by atoms with van der Waals surface area (Å²) in [5.74, 6) is 0. The fourth-order valence-corrected chi connectivity index (χ4v) is 1.19. The van der Waals surface area contributed by atoms with Gasteiger partial charge in [0.2, 0.25) is 0 Å². The van der Waals surface area contributed by atoms with E-state index in [9.17, 15) is 0 Å². The molecule has 0 aliphatic heterocycles. The van der Waals surface area contributed by atoms with Crippen LogP contribution < -0.4 is 5.32 Å². The fraction of sp³-hybridized carbons (Fsp3) is 1.00. The maximum Gasteiger partial charge on any atom is 0.0590 e. The van der Waals surface area contributed by atoms with Crippen LogP contribution >= 0.6 is 11.6 Å². The number of unbranched alkanes of at least 4 members (excludes halogenated alkanes) is 1. The van der Waals surface area contributed by atoms with Gasteiger partial charge in [0.15, 0.2) is 0 Å². The van der Waals surface area contributed by atoms with Gasteiger partial charge in [0, 0.05) is 18.5 Å². The van der Waals surface area contributed by atoms with Crippen molar-refractivity contribution >= 4 is 11.6 Å². The van der Waals surface area contributed by atoms with Crippen LogP contribution in [0.25, 0.3) is 0 Å². The quantitative estimate of drug-likeness (QED) is 0.453. The molecule has 0 bridgehead atoms. The molecule has 2 nitrogen and oxygen atoms in total. The van der Waals surface area contributed by atoms with E-state index < -0.39 is 0 Å².